The number of hydrogen-bond donors (Lipinski definition) is 0. The van der Waals surface area contributed by atoms with Crippen molar-refractivity contribution in [1.82, 2.24) is 4.90 Å². The Hall–Kier alpha value is -1.84. The Kier molecular flexibility index (Phi) is 6.40. The molecule has 0 bridgehead atoms. The molecule has 21 heavy (non-hydrogen) atoms. The summed E-state index contributed by atoms with van der Waals surface area (Å²) in [6.45, 7) is 9.80. The van der Waals surface area contributed by atoms with E-state index in [4.69, 9.17) is 4.74 Å². The van der Waals surface area contributed by atoms with Crippen molar-refractivity contribution in [1.29, 1.82) is 0 Å². The van der Waals surface area contributed by atoms with E-state index in [-0.39, 0.29) is 30.4 Å². The van der Waals surface area contributed by atoms with Crippen LogP contribution in [0.25, 0.3) is 0 Å². The van der Waals surface area contributed by atoms with Crippen LogP contribution >= 0.6 is 0 Å². The minimum absolute atomic E-state index is 0.0113. The summed E-state index contributed by atoms with van der Waals surface area (Å²) in [6, 6.07) is 7.20. The van der Waals surface area contributed by atoms with Gasteiger partial charge in [0.05, 0.1) is 0 Å². The monoisotopic (exact) mass is 291 g/mol. The second kappa shape index (κ2) is 7.81. The van der Waals surface area contributed by atoms with Crippen molar-refractivity contribution in [2.24, 2.45) is 0 Å². The zero-order chi connectivity index (χ0) is 16.0. The summed E-state index contributed by atoms with van der Waals surface area (Å²) >= 11 is 0. The highest BCUT2D eigenvalue weighted by Crippen LogP contribution is 2.14. The molecule has 0 atom stereocenters. The number of rotatable bonds is 7. The zero-order valence-electron chi connectivity index (χ0n) is 13.6. The number of ketones is 1. The summed E-state index contributed by atoms with van der Waals surface area (Å²) in [4.78, 5) is 25.5. The van der Waals surface area contributed by atoms with Crippen LogP contribution in [0.4, 0.5) is 0 Å². The molecule has 0 saturated heterocycles. The highest BCUT2D eigenvalue weighted by molar-refractivity contribution is 5.95. The average molecular weight is 291 g/mol. The third-order valence-corrected chi connectivity index (χ3v) is 3.26. The second-order valence-electron chi connectivity index (χ2n) is 5.58. The lowest BCUT2D eigenvalue weighted by Gasteiger charge is -2.30. The Labute approximate surface area is 127 Å². The Bertz CT molecular complexity index is 469. The molecule has 0 heterocycles. The van der Waals surface area contributed by atoms with Gasteiger partial charge in [-0.1, -0.05) is 6.92 Å². The number of benzene rings is 1. The van der Waals surface area contributed by atoms with Crippen LogP contribution in [0, 0.1) is 0 Å². The third-order valence-electron chi connectivity index (χ3n) is 3.26. The van der Waals surface area contributed by atoms with Gasteiger partial charge in [-0.15, -0.1) is 0 Å². The molecular formula is C17H25NO3. The molecule has 0 aliphatic carbocycles. The quantitative estimate of drug-likeness (QED) is 0.724. The maximum absolute atomic E-state index is 12.2. The van der Waals surface area contributed by atoms with E-state index in [1.807, 2.05) is 34.6 Å². The third kappa shape index (κ3) is 4.88. The molecule has 1 aromatic carbocycles. The van der Waals surface area contributed by atoms with Gasteiger partial charge in [0.25, 0.3) is 5.91 Å². The maximum atomic E-state index is 12.2. The first kappa shape index (κ1) is 17.2. The van der Waals surface area contributed by atoms with Crippen molar-refractivity contribution < 1.29 is 14.3 Å². The fourth-order valence-electron chi connectivity index (χ4n) is 2.33. The molecule has 0 saturated carbocycles. The van der Waals surface area contributed by atoms with Crippen molar-refractivity contribution in [2.75, 3.05) is 6.61 Å². The van der Waals surface area contributed by atoms with Crippen molar-refractivity contribution in [3.8, 4) is 5.75 Å². The Morgan fingerprint density at radius 3 is 2.00 bits per heavy atom. The van der Waals surface area contributed by atoms with Crippen molar-refractivity contribution in [3.05, 3.63) is 29.8 Å². The van der Waals surface area contributed by atoms with Crippen LogP contribution in [-0.2, 0) is 4.79 Å². The van der Waals surface area contributed by atoms with Gasteiger partial charge >= 0.3 is 0 Å². The molecule has 1 aromatic rings. The summed E-state index contributed by atoms with van der Waals surface area (Å²) < 4.78 is 5.51. The number of carbonyl (C=O) groups is 2. The average Bonchev–Trinajstić information content (AvgIpc) is 2.44. The number of Topliss-reactive ketones (excluding diaryl/α,β-unsaturated/α-hetero) is 1. The van der Waals surface area contributed by atoms with Crippen molar-refractivity contribution in [2.45, 2.75) is 53.1 Å². The topological polar surface area (TPSA) is 46.6 Å². The van der Waals surface area contributed by atoms with Gasteiger partial charge in [-0.3, -0.25) is 9.59 Å². The lowest BCUT2D eigenvalue weighted by molar-refractivity contribution is -0.136. The molecule has 4 heteroatoms. The van der Waals surface area contributed by atoms with Crippen molar-refractivity contribution in [3.63, 3.8) is 0 Å². The van der Waals surface area contributed by atoms with Gasteiger partial charge in [-0.2, -0.15) is 0 Å². The van der Waals surface area contributed by atoms with Gasteiger partial charge in [-0.25, -0.2) is 0 Å². The fraction of sp³-hybridized carbons (Fsp3) is 0.529. The molecular weight excluding hydrogens is 266 g/mol. The van der Waals surface area contributed by atoms with Gasteiger partial charge in [-0.05, 0) is 52.0 Å². The minimum Gasteiger partial charge on any atom is -0.484 e. The van der Waals surface area contributed by atoms with Crippen LogP contribution in [0.1, 0.15) is 51.4 Å². The maximum Gasteiger partial charge on any atom is 0.260 e. The van der Waals surface area contributed by atoms with Crippen LogP contribution in [-0.4, -0.2) is 35.3 Å². The molecule has 1 rings (SSSR count). The Morgan fingerprint density at radius 1 is 1.05 bits per heavy atom. The van der Waals surface area contributed by atoms with E-state index >= 15 is 0 Å². The molecule has 0 unspecified atom stereocenters. The smallest absolute Gasteiger partial charge is 0.260 e. The SMILES string of the molecule is CCC(=O)c1ccc(OCC(=O)N(C(C)C)C(C)C)cc1. The Balaban J connectivity index is 2.62. The molecule has 0 N–H and O–H groups in total. The van der Waals surface area contributed by atoms with E-state index in [1.165, 1.54) is 0 Å². The molecule has 0 aliphatic heterocycles. The van der Waals surface area contributed by atoms with E-state index in [2.05, 4.69) is 0 Å². The van der Waals surface area contributed by atoms with Gasteiger partial charge in [0.15, 0.2) is 12.4 Å². The fourth-order valence-corrected chi connectivity index (χ4v) is 2.33. The number of nitrogens with zero attached hydrogens (tertiary/aromatic N) is 1. The summed E-state index contributed by atoms with van der Waals surface area (Å²) in [5.41, 5.74) is 0.669. The Morgan fingerprint density at radius 2 is 1.57 bits per heavy atom. The summed E-state index contributed by atoms with van der Waals surface area (Å²) in [5, 5.41) is 0. The first-order valence-corrected chi connectivity index (χ1v) is 7.44. The second-order valence-corrected chi connectivity index (χ2v) is 5.58. The molecule has 0 spiro atoms. The van der Waals surface area contributed by atoms with Gasteiger partial charge in [0.1, 0.15) is 5.75 Å². The molecule has 1 amide bonds. The molecule has 0 aliphatic rings. The van der Waals surface area contributed by atoms with E-state index in [0.29, 0.717) is 17.7 Å². The van der Waals surface area contributed by atoms with E-state index in [1.54, 1.807) is 29.2 Å². The van der Waals surface area contributed by atoms with E-state index in [0.717, 1.165) is 0 Å². The minimum atomic E-state index is -0.0336. The predicted molar refractivity (Wildman–Crippen MR) is 83.7 cm³/mol. The van der Waals surface area contributed by atoms with Crippen LogP contribution in [0.3, 0.4) is 0 Å². The number of hydrogen-bond acceptors (Lipinski definition) is 3. The highest BCUT2D eigenvalue weighted by atomic mass is 16.5. The van der Waals surface area contributed by atoms with Crippen LogP contribution in [0.15, 0.2) is 24.3 Å². The number of ether oxygens (including phenoxy) is 1. The van der Waals surface area contributed by atoms with Gasteiger partial charge < -0.3 is 9.64 Å². The number of carbonyl (C=O) groups excluding carboxylic acids is 2. The number of amides is 1. The standard InChI is InChI=1S/C17H25NO3/c1-6-16(19)14-7-9-15(10-8-14)21-11-17(20)18(12(2)3)13(4)5/h7-10,12-13H,6,11H2,1-5H3. The van der Waals surface area contributed by atoms with Crippen LogP contribution < -0.4 is 4.74 Å². The molecule has 116 valence electrons. The van der Waals surface area contributed by atoms with Gasteiger partial charge in [0.2, 0.25) is 0 Å². The summed E-state index contributed by atoms with van der Waals surface area (Å²) in [7, 11) is 0. The zero-order valence-corrected chi connectivity index (χ0v) is 13.6. The summed E-state index contributed by atoms with van der Waals surface area (Å²) in [6.07, 6.45) is 0.483. The highest BCUT2D eigenvalue weighted by Gasteiger charge is 2.20. The first-order valence-electron chi connectivity index (χ1n) is 7.44. The predicted octanol–water partition coefficient (Wildman–Crippen LogP) is 3.30. The first-order chi connectivity index (χ1) is 9.86. The normalized spacial score (nSPS) is 10.8. The molecule has 0 fully saturated rings. The van der Waals surface area contributed by atoms with E-state index < -0.39 is 0 Å². The molecule has 0 radical (unpaired) electrons. The van der Waals surface area contributed by atoms with Crippen LogP contribution in [0.2, 0.25) is 0 Å². The largest absolute Gasteiger partial charge is 0.484 e. The van der Waals surface area contributed by atoms with E-state index in [9.17, 15) is 9.59 Å². The van der Waals surface area contributed by atoms with Gasteiger partial charge in [0, 0.05) is 24.1 Å². The summed E-state index contributed by atoms with van der Waals surface area (Å²) in [5.74, 6) is 0.667. The lowest BCUT2D eigenvalue weighted by Crippen LogP contribution is -2.44. The van der Waals surface area contributed by atoms with Crippen LogP contribution in [0.5, 0.6) is 5.75 Å². The lowest BCUT2D eigenvalue weighted by atomic mass is 10.1. The molecule has 0 aromatic heterocycles. The molecule has 4 nitrogen and oxygen atoms in total. The van der Waals surface area contributed by atoms with Crippen molar-refractivity contribution >= 4 is 11.7 Å².